The topological polar surface area (TPSA) is 39.4 Å². The number of ether oxygens (including phenoxy) is 1. The molecule has 0 N–H and O–H groups in total. The van der Waals surface area contributed by atoms with Crippen LogP contribution in [0, 0.1) is 13.8 Å². The van der Waals surface area contributed by atoms with Gasteiger partial charge >= 0.3 is 5.97 Å². The third-order valence-electron chi connectivity index (χ3n) is 3.32. The van der Waals surface area contributed by atoms with Crippen LogP contribution in [-0.2, 0) is 0 Å². The van der Waals surface area contributed by atoms with Gasteiger partial charge in [0.25, 0.3) is 0 Å². The molecule has 0 fully saturated rings. The molecule has 0 bridgehead atoms. The Morgan fingerprint density at radius 2 is 1.80 bits per heavy atom. The standard InChI is InChI=1S/C17H14O3/c1-11-7-8-14(9-12(11)2)19-17(18)16-10-13-5-3-4-6-15(13)20-16/h3-10H,1-2H3. The van der Waals surface area contributed by atoms with E-state index in [1.165, 1.54) is 0 Å². The van der Waals surface area contributed by atoms with Gasteiger partial charge in [-0.15, -0.1) is 0 Å². The Kier molecular flexibility index (Phi) is 3.03. The first-order chi connectivity index (χ1) is 9.63. The number of esters is 1. The molecule has 0 spiro atoms. The summed E-state index contributed by atoms with van der Waals surface area (Å²) >= 11 is 0. The van der Waals surface area contributed by atoms with Crippen molar-refractivity contribution in [2.75, 3.05) is 0 Å². The zero-order chi connectivity index (χ0) is 14.1. The number of carbonyl (C=O) groups is 1. The van der Waals surface area contributed by atoms with Gasteiger partial charge < -0.3 is 9.15 Å². The zero-order valence-electron chi connectivity index (χ0n) is 11.3. The fourth-order valence-corrected chi connectivity index (χ4v) is 2.02. The summed E-state index contributed by atoms with van der Waals surface area (Å²) in [6.07, 6.45) is 0. The Balaban J connectivity index is 1.86. The largest absolute Gasteiger partial charge is 0.449 e. The Morgan fingerprint density at radius 1 is 1.00 bits per heavy atom. The summed E-state index contributed by atoms with van der Waals surface area (Å²) in [6.45, 7) is 3.99. The quantitative estimate of drug-likeness (QED) is 0.513. The van der Waals surface area contributed by atoms with Gasteiger partial charge in [-0.25, -0.2) is 4.79 Å². The number of aryl methyl sites for hydroxylation is 2. The summed E-state index contributed by atoms with van der Waals surface area (Å²) < 4.78 is 10.8. The molecule has 0 atom stereocenters. The Hall–Kier alpha value is -2.55. The molecule has 1 heterocycles. The van der Waals surface area contributed by atoms with E-state index in [1.807, 2.05) is 50.2 Å². The van der Waals surface area contributed by atoms with Crippen LogP contribution < -0.4 is 4.74 Å². The highest BCUT2D eigenvalue weighted by Gasteiger charge is 2.14. The summed E-state index contributed by atoms with van der Waals surface area (Å²) in [5, 5.41) is 0.888. The molecule has 0 saturated heterocycles. The predicted molar refractivity (Wildman–Crippen MR) is 77.1 cm³/mol. The fraction of sp³-hybridized carbons (Fsp3) is 0.118. The molecule has 3 heteroatoms. The molecular formula is C17H14O3. The number of fused-ring (bicyclic) bond motifs is 1. The minimum absolute atomic E-state index is 0.212. The lowest BCUT2D eigenvalue weighted by molar-refractivity contribution is 0.0704. The first-order valence-electron chi connectivity index (χ1n) is 6.41. The molecule has 0 unspecified atom stereocenters. The first-order valence-corrected chi connectivity index (χ1v) is 6.41. The minimum atomic E-state index is -0.482. The molecule has 1 aromatic heterocycles. The Bertz CT molecular complexity index is 751. The van der Waals surface area contributed by atoms with E-state index in [9.17, 15) is 4.79 Å². The normalized spacial score (nSPS) is 10.7. The smallest absolute Gasteiger partial charge is 0.379 e. The molecule has 3 rings (SSSR count). The molecule has 100 valence electrons. The van der Waals surface area contributed by atoms with Gasteiger partial charge in [0.15, 0.2) is 0 Å². The van der Waals surface area contributed by atoms with Gasteiger partial charge in [0.05, 0.1) is 0 Å². The van der Waals surface area contributed by atoms with Crippen LogP contribution in [0.3, 0.4) is 0 Å². The number of hydrogen-bond acceptors (Lipinski definition) is 3. The number of furan rings is 1. The van der Waals surface area contributed by atoms with Crippen molar-refractivity contribution in [2.24, 2.45) is 0 Å². The van der Waals surface area contributed by atoms with Gasteiger partial charge in [-0.3, -0.25) is 0 Å². The third-order valence-corrected chi connectivity index (χ3v) is 3.32. The van der Waals surface area contributed by atoms with Gasteiger partial charge in [0, 0.05) is 5.39 Å². The van der Waals surface area contributed by atoms with Gasteiger partial charge in [0.2, 0.25) is 5.76 Å². The molecule has 0 amide bonds. The van der Waals surface area contributed by atoms with Crippen molar-refractivity contribution in [1.29, 1.82) is 0 Å². The molecule has 0 saturated carbocycles. The maximum absolute atomic E-state index is 12.1. The molecule has 0 aliphatic rings. The number of carbonyl (C=O) groups excluding carboxylic acids is 1. The van der Waals surface area contributed by atoms with Crippen molar-refractivity contribution >= 4 is 16.9 Å². The van der Waals surface area contributed by atoms with Crippen LogP contribution in [0.1, 0.15) is 21.7 Å². The van der Waals surface area contributed by atoms with E-state index in [4.69, 9.17) is 9.15 Å². The molecule has 2 aromatic carbocycles. The zero-order valence-corrected chi connectivity index (χ0v) is 11.3. The number of hydrogen-bond donors (Lipinski definition) is 0. The van der Waals surface area contributed by atoms with E-state index in [1.54, 1.807) is 12.1 Å². The van der Waals surface area contributed by atoms with Crippen molar-refractivity contribution < 1.29 is 13.9 Å². The van der Waals surface area contributed by atoms with E-state index in [0.717, 1.165) is 16.5 Å². The van der Waals surface area contributed by atoms with Gasteiger partial charge in [-0.1, -0.05) is 24.3 Å². The predicted octanol–water partition coefficient (Wildman–Crippen LogP) is 4.27. The highest BCUT2D eigenvalue weighted by atomic mass is 16.5. The monoisotopic (exact) mass is 266 g/mol. The highest BCUT2D eigenvalue weighted by molar-refractivity contribution is 5.93. The lowest BCUT2D eigenvalue weighted by atomic mass is 10.1. The van der Waals surface area contributed by atoms with E-state index in [-0.39, 0.29) is 5.76 Å². The summed E-state index contributed by atoms with van der Waals surface area (Å²) in [7, 11) is 0. The van der Waals surface area contributed by atoms with Crippen LogP contribution in [0.4, 0.5) is 0 Å². The lowest BCUT2D eigenvalue weighted by Gasteiger charge is -2.05. The van der Waals surface area contributed by atoms with Crippen molar-refractivity contribution in [3.05, 3.63) is 65.4 Å². The number of rotatable bonds is 2. The summed E-state index contributed by atoms with van der Waals surface area (Å²) in [5.41, 5.74) is 2.92. The van der Waals surface area contributed by atoms with Crippen LogP contribution in [0.5, 0.6) is 5.75 Å². The van der Waals surface area contributed by atoms with Crippen molar-refractivity contribution in [3.8, 4) is 5.75 Å². The van der Waals surface area contributed by atoms with Gasteiger partial charge in [-0.05, 0) is 49.2 Å². The maximum atomic E-state index is 12.1. The fourth-order valence-electron chi connectivity index (χ4n) is 2.02. The van der Waals surface area contributed by atoms with E-state index >= 15 is 0 Å². The summed E-state index contributed by atoms with van der Waals surface area (Å²) in [4.78, 5) is 12.1. The van der Waals surface area contributed by atoms with E-state index in [2.05, 4.69) is 0 Å². The lowest BCUT2D eigenvalue weighted by Crippen LogP contribution is -2.07. The number of para-hydroxylation sites is 1. The second kappa shape index (κ2) is 4.85. The molecule has 0 radical (unpaired) electrons. The second-order valence-electron chi connectivity index (χ2n) is 4.78. The Labute approximate surface area is 116 Å². The summed E-state index contributed by atoms with van der Waals surface area (Å²) in [6, 6.07) is 14.7. The van der Waals surface area contributed by atoms with E-state index < -0.39 is 5.97 Å². The average molecular weight is 266 g/mol. The molecule has 0 aliphatic heterocycles. The molecule has 20 heavy (non-hydrogen) atoms. The molecular weight excluding hydrogens is 252 g/mol. The highest BCUT2D eigenvalue weighted by Crippen LogP contribution is 2.22. The third kappa shape index (κ3) is 2.30. The maximum Gasteiger partial charge on any atom is 0.379 e. The number of benzene rings is 2. The van der Waals surface area contributed by atoms with Gasteiger partial charge in [0.1, 0.15) is 11.3 Å². The van der Waals surface area contributed by atoms with Crippen molar-refractivity contribution in [3.63, 3.8) is 0 Å². The van der Waals surface area contributed by atoms with Gasteiger partial charge in [-0.2, -0.15) is 0 Å². The molecule has 3 nitrogen and oxygen atoms in total. The SMILES string of the molecule is Cc1ccc(OC(=O)c2cc3ccccc3o2)cc1C. The van der Waals surface area contributed by atoms with Crippen LogP contribution in [0.15, 0.2) is 52.9 Å². The molecule has 0 aliphatic carbocycles. The molecule has 3 aromatic rings. The van der Waals surface area contributed by atoms with Crippen molar-refractivity contribution in [2.45, 2.75) is 13.8 Å². The summed E-state index contributed by atoms with van der Waals surface area (Å²) in [5.74, 6) is 0.257. The van der Waals surface area contributed by atoms with Crippen LogP contribution >= 0.6 is 0 Å². The van der Waals surface area contributed by atoms with Crippen LogP contribution in [0.2, 0.25) is 0 Å². The first kappa shape index (κ1) is 12.5. The van der Waals surface area contributed by atoms with E-state index in [0.29, 0.717) is 11.3 Å². The minimum Gasteiger partial charge on any atom is -0.449 e. The average Bonchev–Trinajstić information content (AvgIpc) is 2.87. The van der Waals surface area contributed by atoms with Crippen LogP contribution in [-0.4, -0.2) is 5.97 Å². The van der Waals surface area contributed by atoms with Crippen molar-refractivity contribution in [1.82, 2.24) is 0 Å². The second-order valence-corrected chi connectivity index (χ2v) is 4.78. The Morgan fingerprint density at radius 3 is 2.55 bits per heavy atom. The van der Waals surface area contributed by atoms with Crippen LogP contribution in [0.25, 0.3) is 11.0 Å².